The molecule has 1 aromatic carbocycles. The summed E-state index contributed by atoms with van der Waals surface area (Å²) >= 11 is 0. The maximum atomic E-state index is 14.4. The number of methoxy groups -OCH3 is 1. The summed E-state index contributed by atoms with van der Waals surface area (Å²) in [4.78, 5) is 18.0. The van der Waals surface area contributed by atoms with Crippen LogP contribution in [0.4, 0.5) is 27.7 Å². The predicted molar refractivity (Wildman–Crippen MR) is 153 cm³/mol. The Morgan fingerprint density at radius 2 is 2.00 bits per heavy atom. The molecule has 38 heavy (non-hydrogen) atoms. The second-order valence-corrected chi connectivity index (χ2v) is 12.2. The van der Waals surface area contributed by atoms with E-state index in [4.69, 9.17) is 9.72 Å². The monoisotopic (exact) mass is 540 g/mol. The highest BCUT2D eigenvalue weighted by molar-refractivity contribution is 7.84. The van der Waals surface area contributed by atoms with Crippen molar-refractivity contribution in [2.24, 2.45) is 5.92 Å². The molecule has 204 valence electrons. The Morgan fingerprint density at radius 1 is 1.18 bits per heavy atom. The smallest absolute Gasteiger partial charge is 0.227 e. The van der Waals surface area contributed by atoms with Gasteiger partial charge in [0, 0.05) is 78.4 Å². The van der Waals surface area contributed by atoms with E-state index in [2.05, 4.69) is 59.2 Å². The molecule has 2 aliphatic heterocycles. The van der Waals surface area contributed by atoms with Crippen molar-refractivity contribution in [1.29, 1.82) is 0 Å². The van der Waals surface area contributed by atoms with Gasteiger partial charge >= 0.3 is 0 Å². The van der Waals surface area contributed by atoms with E-state index in [-0.39, 0.29) is 12.6 Å². The highest BCUT2D eigenvalue weighted by atomic mass is 32.2. The molecule has 0 bridgehead atoms. The van der Waals surface area contributed by atoms with Crippen LogP contribution in [0, 0.1) is 5.92 Å². The minimum atomic E-state index is -1.08. The third-order valence-electron chi connectivity index (χ3n) is 7.86. The molecule has 1 N–H and O–H groups in total. The number of alkyl halides is 1. The molecule has 0 amide bonds. The normalized spacial score (nSPS) is 24.5. The van der Waals surface area contributed by atoms with Crippen molar-refractivity contribution in [3.63, 3.8) is 0 Å². The van der Waals surface area contributed by atoms with Crippen LogP contribution in [-0.2, 0) is 15.5 Å². The molecule has 8 nitrogen and oxygen atoms in total. The van der Waals surface area contributed by atoms with Crippen LogP contribution in [0.1, 0.15) is 38.7 Å². The molecule has 4 heterocycles. The fourth-order valence-corrected chi connectivity index (χ4v) is 6.59. The SMILES string of the molecule is CO[C@@H]1CCN(c2nccc(Nc3cc4c(C(C)C)ccc(N5C[C@H](C[S@@](C)=O)[C@H]5C)c4cn3)n2)C[C@@H]1F. The summed E-state index contributed by atoms with van der Waals surface area (Å²) in [6.45, 7) is 8.36. The number of hydrogen-bond acceptors (Lipinski definition) is 8. The van der Waals surface area contributed by atoms with Crippen molar-refractivity contribution in [2.45, 2.75) is 51.4 Å². The Hall–Kier alpha value is -2.85. The van der Waals surface area contributed by atoms with E-state index in [1.807, 2.05) is 11.1 Å². The number of fused-ring (bicyclic) bond motifs is 1. The molecule has 0 saturated carbocycles. The number of halogens is 1. The fraction of sp³-hybridized carbons (Fsp3) is 0.536. The summed E-state index contributed by atoms with van der Waals surface area (Å²) in [5.41, 5.74) is 2.42. The fourth-order valence-electron chi connectivity index (χ4n) is 5.60. The summed E-state index contributed by atoms with van der Waals surface area (Å²) in [6.07, 6.45) is 4.54. The van der Waals surface area contributed by atoms with E-state index in [1.54, 1.807) is 25.6 Å². The van der Waals surface area contributed by atoms with Crippen molar-refractivity contribution >= 4 is 44.8 Å². The van der Waals surface area contributed by atoms with Gasteiger partial charge < -0.3 is 19.9 Å². The van der Waals surface area contributed by atoms with Crippen LogP contribution in [0.3, 0.4) is 0 Å². The van der Waals surface area contributed by atoms with Gasteiger partial charge in [-0.2, -0.15) is 4.98 Å². The lowest BCUT2D eigenvalue weighted by atomic mass is 9.88. The molecule has 10 heteroatoms. The topological polar surface area (TPSA) is 83.5 Å². The molecular formula is C28H37FN6O2S. The van der Waals surface area contributed by atoms with E-state index in [9.17, 15) is 8.60 Å². The molecule has 2 fully saturated rings. The first kappa shape index (κ1) is 26.7. The highest BCUT2D eigenvalue weighted by Gasteiger charge is 2.37. The van der Waals surface area contributed by atoms with Crippen molar-refractivity contribution in [3.05, 3.63) is 42.2 Å². The van der Waals surface area contributed by atoms with Gasteiger partial charge in [0.2, 0.25) is 5.95 Å². The third kappa shape index (κ3) is 5.33. The van der Waals surface area contributed by atoms with Crippen LogP contribution in [0.5, 0.6) is 0 Å². The largest absolute Gasteiger partial charge is 0.378 e. The maximum absolute atomic E-state index is 14.4. The number of rotatable bonds is 8. The zero-order chi connectivity index (χ0) is 27.0. The molecule has 2 aromatic heterocycles. The lowest BCUT2D eigenvalue weighted by molar-refractivity contribution is 0.0194. The molecule has 0 aliphatic carbocycles. The van der Waals surface area contributed by atoms with Gasteiger partial charge in [0.25, 0.3) is 0 Å². The number of pyridine rings is 1. The van der Waals surface area contributed by atoms with Crippen LogP contribution in [0.25, 0.3) is 10.8 Å². The third-order valence-corrected chi connectivity index (χ3v) is 8.76. The van der Waals surface area contributed by atoms with Crippen LogP contribution < -0.4 is 15.1 Å². The number of aromatic nitrogens is 3. The Labute approximate surface area is 226 Å². The van der Waals surface area contributed by atoms with Crippen molar-refractivity contribution in [1.82, 2.24) is 15.0 Å². The van der Waals surface area contributed by atoms with Gasteiger partial charge in [-0.05, 0) is 48.4 Å². The molecule has 2 aliphatic rings. The van der Waals surface area contributed by atoms with Gasteiger partial charge in [-0.3, -0.25) is 4.21 Å². The molecule has 0 spiro atoms. The average Bonchev–Trinajstić information content (AvgIpc) is 2.90. The molecule has 0 unspecified atom stereocenters. The van der Waals surface area contributed by atoms with Crippen molar-refractivity contribution in [3.8, 4) is 0 Å². The van der Waals surface area contributed by atoms with E-state index in [1.165, 1.54) is 11.3 Å². The first-order chi connectivity index (χ1) is 18.2. The van der Waals surface area contributed by atoms with E-state index >= 15 is 0 Å². The van der Waals surface area contributed by atoms with E-state index < -0.39 is 17.0 Å². The van der Waals surface area contributed by atoms with E-state index in [0.717, 1.165) is 23.1 Å². The maximum Gasteiger partial charge on any atom is 0.227 e. The number of ether oxygens (including phenoxy) is 1. The summed E-state index contributed by atoms with van der Waals surface area (Å²) in [7, 11) is 0.762. The molecule has 5 rings (SSSR count). The van der Waals surface area contributed by atoms with Gasteiger partial charge in [0.05, 0.1) is 12.6 Å². The Balaban J connectivity index is 1.40. The Bertz CT molecular complexity index is 1320. The average molecular weight is 541 g/mol. The summed E-state index contributed by atoms with van der Waals surface area (Å²) < 4.78 is 31.4. The van der Waals surface area contributed by atoms with Gasteiger partial charge in [-0.1, -0.05) is 19.9 Å². The predicted octanol–water partition coefficient (Wildman–Crippen LogP) is 4.66. The second-order valence-electron chi connectivity index (χ2n) is 10.7. The van der Waals surface area contributed by atoms with Gasteiger partial charge in [0.1, 0.15) is 17.8 Å². The summed E-state index contributed by atoms with van der Waals surface area (Å²) in [5.74, 6) is 3.32. The number of benzene rings is 1. The highest BCUT2D eigenvalue weighted by Crippen LogP contribution is 2.39. The van der Waals surface area contributed by atoms with Crippen LogP contribution in [-0.4, -0.2) is 76.2 Å². The number of hydrogen-bond donors (Lipinski definition) is 1. The van der Waals surface area contributed by atoms with Crippen molar-refractivity contribution < 1.29 is 13.3 Å². The number of nitrogens with one attached hydrogen (secondary N) is 1. The Kier molecular flexibility index (Phi) is 7.81. The van der Waals surface area contributed by atoms with Crippen LogP contribution in [0.2, 0.25) is 0 Å². The zero-order valence-corrected chi connectivity index (χ0v) is 23.5. The lowest BCUT2D eigenvalue weighted by Crippen LogP contribution is -2.56. The summed E-state index contributed by atoms with van der Waals surface area (Å²) in [6, 6.07) is 8.62. The molecule has 2 saturated heterocycles. The molecule has 0 radical (unpaired) electrons. The lowest BCUT2D eigenvalue weighted by Gasteiger charge is -2.48. The minimum Gasteiger partial charge on any atom is -0.378 e. The number of anilines is 4. The zero-order valence-electron chi connectivity index (χ0n) is 22.7. The van der Waals surface area contributed by atoms with Crippen LogP contribution >= 0.6 is 0 Å². The molecular weight excluding hydrogens is 503 g/mol. The van der Waals surface area contributed by atoms with Crippen LogP contribution in [0.15, 0.2) is 36.7 Å². The number of nitrogens with zero attached hydrogens (tertiary/aromatic N) is 5. The first-order valence-corrected chi connectivity index (χ1v) is 15.0. The first-order valence-electron chi connectivity index (χ1n) is 13.3. The van der Waals surface area contributed by atoms with Gasteiger partial charge in [-0.25, -0.2) is 14.4 Å². The Morgan fingerprint density at radius 3 is 2.68 bits per heavy atom. The van der Waals surface area contributed by atoms with E-state index in [0.29, 0.717) is 48.4 Å². The molecule has 5 atom stereocenters. The molecule has 3 aromatic rings. The van der Waals surface area contributed by atoms with Gasteiger partial charge in [0.15, 0.2) is 0 Å². The summed E-state index contributed by atoms with van der Waals surface area (Å²) in [5, 5.41) is 5.60. The standard InChI is InChI=1S/C28H37FN6O2S/c1-17(2)20-6-7-24(35-14-19(18(35)3)16-38(5)36)22-13-31-27(12-21(20)22)32-26-8-10-30-28(33-26)34-11-9-25(37-4)23(29)15-34/h6-8,10,12-13,17-19,23,25H,9,11,14-16H2,1-5H3,(H,30,31,32,33)/t18-,19-,23+,25-,38-/m1/s1. The second kappa shape index (κ2) is 11.1. The minimum absolute atomic E-state index is 0.209. The quantitative estimate of drug-likeness (QED) is 0.442. The van der Waals surface area contributed by atoms with Crippen molar-refractivity contribution in [2.75, 3.05) is 53.9 Å². The number of piperidine rings is 1. The van der Waals surface area contributed by atoms with Gasteiger partial charge in [-0.15, -0.1) is 0 Å².